The van der Waals surface area contributed by atoms with Crippen molar-refractivity contribution in [1.29, 1.82) is 0 Å². The van der Waals surface area contributed by atoms with Gasteiger partial charge in [-0.3, -0.25) is 0 Å². The predicted octanol–water partition coefficient (Wildman–Crippen LogP) is 5.00. The molecule has 16 heavy (non-hydrogen) atoms. The van der Waals surface area contributed by atoms with Crippen LogP contribution in [-0.2, 0) is 0 Å². The Hall–Kier alpha value is -0.610. The van der Waals surface area contributed by atoms with Gasteiger partial charge in [0.15, 0.2) is 0 Å². The van der Waals surface area contributed by atoms with Crippen molar-refractivity contribution in [2.75, 3.05) is 0 Å². The number of benzene rings is 1. The van der Waals surface area contributed by atoms with Crippen molar-refractivity contribution < 1.29 is 0 Å². The zero-order chi connectivity index (χ0) is 12.4. The zero-order valence-corrected chi connectivity index (χ0v) is 12.2. The van der Waals surface area contributed by atoms with Gasteiger partial charge in [0.2, 0.25) is 0 Å². The van der Waals surface area contributed by atoms with Crippen molar-refractivity contribution in [2.45, 2.75) is 46.7 Å². The van der Waals surface area contributed by atoms with Gasteiger partial charge in [0.05, 0.1) is 0 Å². The maximum atomic E-state index is 2.30. The Morgan fingerprint density at radius 3 is 1.75 bits per heavy atom. The SMILES string of the molecule is CC(C)(C)P=C(c1ccccc1)C(C)(C)C. The van der Waals surface area contributed by atoms with Crippen LogP contribution < -0.4 is 0 Å². The molecule has 0 aliphatic heterocycles. The molecule has 0 bridgehead atoms. The lowest BCUT2D eigenvalue weighted by Gasteiger charge is -2.26. The lowest BCUT2D eigenvalue weighted by molar-refractivity contribution is 0.600. The molecule has 0 radical (unpaired) electrons. The number of hydrogen-bond donors (Lipinski definition) is 0. The minimum atomic E-state index is 0.232. The molecule has 0 amide bonds. The highest BCUT2D eigenvalue weighted by molar-refractivity contribution is 7.43. The Balaban J connectivity index is 3.24. The Morgan fingerprint density at radius 1 is 0.875 bits per heavy atom. The fraction of sp³-hybridized carbons (Fsp3) is 0.533. The molecule has 0 atom stereocenters. The summed E-state index contributed by atoms with van der Waals surface area (Å²) >= 11 is 0. The summed E-state index contributed by atoms with van der Waals surface area (Å²) in [6.45, 7) is 13.8. The first kappa shape index (κ1) is 13.5. The Morgan fingerprint density at radius 2 is 1.38 bits per heavy atom. The van der Waals surface area contributed by atoms with Gasteiger partial charge in [-0.2, -0.15) is 0 Å². The molecule has 0 nitrogen and oxygen atoms in total. The molecule has 1 aromatic carbocycles. The molecule has 0 heterocycles. The molecule has 0 N–H and O–H groups in total. The van der Waals surface area contributed by atoms with Crippen LogP contribution in [0.5, 0.6) is 0 Å². The van der Waals surface area contributed by atoms with Crippen molar-refractivity contribution >= 4 is 13.5 Å². The maximum Gasteiger partial charge on any atom is 0.00403 e. The highest BCUT2D eigenvalue weighted by atomic mass is 31.1. The van der Waals surface area contributed by atoms with Gasteiger partial charge in [0.1, 0.15) is 0 Å². The lowest BCUT2D eigenvalue weighted by Crippen LogP contribution is -2.22. The second-order valence-electron chi connectivity index (χ2n) is 6.25. The monoisotopic (exact) mass is 234 g/mol. The third-order valence-corrected chi connectivity index (χ3v) is 4.03. The average Bonchev–Trinajstić information content (AvgIpc) is 2.13. The molecular weight excluding hydrogens is 211 g/mol. The van der Waals surface area contributed by atoms with Crippen molar-refractivity contribution in [3.8, 4) is 0 Å². The van der Waals surface area contributed by atoms with E-state index in [1.807, 2.05) is 0 Å². The molecule has 0 spiro atoms. The van der Waals surface area contributed by atoms with E-state index in [0.717, 1.165) is 0 Å². The third kappa shape index (κ3) is 4.10. The van der Waals surface area contributed by atoms with Gasteiger partial charge in [-0.1, -0.05) is 80.1 Å². The topological polar surface area (TPSA) is 0 Å². The van der Waals surface area contributed by atoms with E-state index in [4.69, 9.17) is 0 Å². The standard InChI is InChI=1S/C15H23P/c1-14(2,3)13(16-15(4,5)6)12-10-8-7-9-11-12/h7-11H,1-6H3. The van der Waals surface area contributed by atoms with Crippen LogP contribution in [0.15, 0.2) is 30.3 Å². The Bertz CT molecular complexity index is 361. The summed E-state index contributed by atoms with van der Waals surface area (Å²) in [5.74, 6) is 0. The second-order valence-corrected chi connectivity index (χ2v) is 8.26. The van der Waals surface area contributed by atoms with Crippen LogP contribution in [0.1, 0.15) is 47.1 Å². The molecular formula is C15H23P. The molecule has 0 aromatic heterocycles. The van der Waals surface area contributed by atoms with Crippen molar-refractivity contribution in [1.82, 2.24) is 0 Å². The van der Waals surface area contributed by atoms with Gasteiger partial charge in [0, 0.05) is 5.16 Å². The minimum absolute atomic E-state index is 0.232. The van der Waals surface area contributed by atoms with Gasteiger partial charge in [0.25, 0.3) is 0 Å². The van der Waals surface area contributed by atoms with Crippen LogP contribution in [0.25, 0.3) is 0 Å². The average molecular weight is 234 g/mol. The maximum absolute atomic E-state index is 2.30. The van der Waals surface area contributed by atoms with E-state index >= 15 is 0 Å². The first-order valence-corrected chi connectivity index (χ1v) is 6.75. The molecule has 1 aromatic rings. The fourth-order valence-electron chi connectivity index (χ4n) is 1.60. The van der Waals surface area contributed by atoms with Crippen LogP contribution in [0.4, 0.5) is 0 Å². The van der Waals surface area contributed by atoms with Crippen molar-refractivity contribution in [2.24, 2.45) is 5.41 Å². The Kier molecular flexibility index (Phi) is 3.97. The molecule has 0 aliphatic carbocycles. The van der Waals surface area contributed by atoms with Crippen molar-refractivity contribution in [3.63, 3.8) is 0 Å². The van der Waals surface area contributed by atoms with Crippen LogP contribution >= 0.6 is 8.20 Å². The molecule has 0 fully saturated rings. The fourth-order valence-corrected chi connectivity index (χ4v) is 2.88. The van der Waals surface area contributed by atoms with Gasteiger partial charge >= 0.3 is 0 Å². The minimum Gasteiger partial charge on any atom is -0.0938 e. The van der Waals surface area contributed by atoms with Crippen molar-refractivity contribution in [3.05, 3.63) is 35.9 Å². The largest absolute Gasteiger partial charge is 0.0938 e. The summed E-state index contributed by atoms with van der Waals surface area (Å²) in [6, 6.07) is 10.8. The molecule has 1 heteroatoms. The second kappa shape index (κ2) is 4.72. The van der Waals surface area contributed by atoms with Crippen LogP contribution in [0, 0.1) is 5.41 Å². The van der Waals surface area contributed by atoms with Gasteiger partial charge in [-0.15, -0.1) is 0 Å². The smallest absolute Gasteiger partial charge is 0.00403 e. The Labute approximate surface area is 102 Å². The normalized spacial score (nSPS) is 14.0. The molecule has 0 aliphatic rings. The van der Waals surface area contributed by atoms with E-state index in [1.165, 1.54) is 19.1 Å². The first-order chi connectivity index (χ1) is 7.20. The highest BCUT2D eigenvalue weighted by Crippen LogP contribution is 2.33. The summed E-state index contributed by atoms with van der Waals surface area (Å²) in [4.78, 5) is 0. The lowest BCUT2D eigenvalue weighted by atomic mass is 9.88. The van der Waals surface area contributed by atoms with E-state index in [1.54, 1.807) is 0 Å². The molecule has 0 saturated heterocycles. The number of hydrogen-bond acceptors (Lipinski definition) is 0. The summed E-state index contributed by atoms with van der Waals surface area (Å²) in [7, 11) is 1.43. The van der Waals surface area contributed by atoms with Gasteiger partial charge < -0.3 is 0 Å². The summed E-state index contributed by atoms with van der Waals surface area (Å²) < 4.78 is 0. The predicted molar refractivity (Wildman–Crippen MR) is 76.7 cm³/mol. The van der Waals surface area contributed by atoms with Crippen LogP contribution in [0.3, 0.4) is 0 Å². The van der Waals surface area contributed by atoms with Gasteiger partial charge in [-0.25, -0.2) is 0 Å². The summed E-state index contributed by atoms with van der Waals surface area (Å²) in [5, 5.41) is 1.85. The summed E-state index contributed by atoms with van der Waals surface area (Å²) in [5.41, 5.74) is 1.61. The molecule has 0 unspecified atom stereocenters. The van der Waals surface area contributed by atoms with E-state index < -0.39 is 0 Å². The van der Waals surface area contributed by atoms with E-state index in [9.17, 15) is 0 Å². The highest BCUT2D eigenvalue weighted by Gasteiger charge is 2.22. The number of rotatable bonds is 1. The van der Waals surface area contributed by atoms with Crippen LogP contribution in [0.2, 0.25) is 0 Å². The quantitative estimate of drug-likeness (QED) is 0.600. The van der Waals surface area contributed by atoms with E-state index in [0.29, 0.717) is 5.16 Å². The first-order valence-electron chi connectivity index (χ1n) is 5.86. The van der Waals surface area contributed by atoms with E-state index in [2.05, 4.69) is 71.9 Å². The van der Waals surface area contributed by atoms with E-state index in [-0.39, 0.29) is 5.41 Å². The zero-order valence-electron chi connectivity index (χ0n) is 11.3. The molecule has 1 rings (SSSR count). The van der Waals surface area contributed by atoms with Crippen LogP contribution in [-0.4, -0.2) is 10.4 Å². The molecule has 88 valence electrons. The van der Waals surface area contributed by atoms with Gasteiger partial charge in [-0.05, 0) is 16.3 Å². The summed E-state index contributed by atoms with van der Waals surface area (Å²) in [6.07, 6.45) is 0. The third-order valence-electron chi connectivity index (χ3n) is 2.20. The molecule has 0 saturated carbocycles.